The summed E-state index contributed by atoms with van der Waals surface area (Å²) in [7, 11) is -3.21. The zero-order chi connectivity index (χ0) is 11.6. The molecule has 0 aliphatic carbocycles. The second-order valence-corrected chi connectivity index (χ2v) is 6.29. The average Bonchev–Trinajstić information content (AvgIpc) is 2.15. The van der Waals surface area contributed by atoms with Crippen molar-refractivity contribution in [3.8, 4) is 0 Å². The fourth-order valence-electron chi connectivity index (χ4n) is 1.27. The highest BCUT2D eigenvalue weighted by molar-refractivity contribution is 7.91. The summed E-state index contributed by atoms with van der Waals surface area (Å²) in [5.41, 5.74) is 1.72. The van der Waals surface area contributed by atoms with Crippen LogP contribution >= 0.6 is 0 Å². The van der Waals surface area contributed by atoms with Crippen molar-refractivity contribution in [2.24, 2.45) is 0 Å². The first kappa shape index (κ1) is 12.2. The Morgan fingerprint density at radius 3 is 2.07 bits per heavy atom. The Morgan fingerprint density at radius 2 is 1.67 bits per heavy atom. The van der Waals surface area contributed by atoms with Crippen LogP contribution < -0.4 is 0 Å². The van der Waals surface area contributed by atoms with Crippen LogP contribution in [-0.4, -0.2) is 25.0 Å². The average molecular weight is 228 g/mol. The lowest BCUT2D eigenvalue weighted by molar-refractivity contribution is 0.176. The Labute approximate surface area is 90.7 Å². The molecule has 4 heteroatoms. The van der Waals surface area contributed by atoms with E-state index in [1.807, 2.05) is 19.1 Å². The molecule has 0 saturated heterocycles. The first-order valence-corrected chi connectivity index (χ1v) is 6.71. The van der Waals surface area contributed by atoms with Crippen LogP contribution in [0.1, 0.15) is 24.2 Å². The minimum atomic E-state index is -3.21. The molecule has 0 radical (unpaired) electrons. The van der Waals surface area contributed by atoms with Crippen molar-refractivity contribution >= 4 is 9.84 Å². The molecule has 0 aliphatic heterocycles. The van der Waals surface area contributed by atoms with Gasteiger partial charge < -0.3 is 5.11 Å². The highest BCUT2D eigenvalue weighted by Crippen LogP contribution is 2.21. The number of rotatable bonds is 3. The van der Waals surface area contributed by atoms with E-state index >= 15 is 0 Å². The molecule has 15 heavy (non-hydrogen) atoms. The van der Waals surface area contributed by atoms with Crippen molar-refractivity contribution in [1.29, 1.82) is 0 Å². The van der Waals surface area contributed by atoms with Gasteiger partial charge in [-0.05, 0) is 19.4 Å². The molecule has 1 aromatic rings. The maximum atomic E-state index is 11.3. The zero-order valence-electron chi connectivity index (χ0n) is 9.14. The molecule has 0 bridgehead atoms. The molecule has 3 nitrogen and oxygen atoms in total. The first-order valence-electron chi connectivity index (χ1n) is 4.76. The fraction of sp³-hybridized carbons (Fsp3) is 0.455. The van der Waals surface area contributed by atoms with Crippen molar-refractivity contribution in [1.82, 2.24) is 0 Å². The molecule has 0 amide bonds. The van der Waals surface area contributed by atoms with Crippen LogP contribution in [0.4, 0.5) is 0 Å². The quantitative estimate of drug-likeness (QED) is 0.852. The smallest absolute Gasteiger partial charge is 0.152 e. The van der Waals surface area contributed by atoms with Gasteiger partial charge in [-0.25, -0.2) is 8.42 Å². The summed E-state index contributed by atoms with van der Waals surface area (Å²) in [6.45, 7) is 3.45. The molecule has 0 fully saturated rings. The number of sulfone groups is 1. The fourth-order valence-corrected chi connectivity index (χ4v) is 1.89. The van der Waals surface area contributed by atoms with Gasteiger partial charge in [-0.15, -0.1) is 0 Å². The number of aliphatic hydroxyl groups excluding tert-OH is 1. The summed E-state index contributed by atoms with van der Waals surface area (Å²) in [6.07, 6.45) is 0.176. The van der Waals surface area contributed by atoms with Crippen molar-refractivity contribution in [3.05, 3.63) is 35.4 Å². The van der Waals surface area contributed by atoms with Crippen molar-refractivity contribution in [2.75, 3.05) is 6.26 Å². The van der Waals surface area contributed by atoms with E-state index in [0.29, 0.717) is 5.56 Å². The molecule has 0 aromatic heterocycles. The molecule has 0 spiro atoms. The van der Waals surface area contributed by atoms with Crippen LogP contribution in [0, 0.1) is 6.92 Å². The number of benzene rings is 1. The molecular weight excluding hydrogens is 212 g/mol. The third-order valence-corrected chi connectivity index (χ3v) is 4.15. The van der Waals surface area contributed by atoms with E-state index in [1.165, 1.54) is 6.92 Å². The van der Waals surface area contributed by atoms with Gasteiger partial charge in [-0.2, -0.15) is 0 Å². The van der Waals surface area contributed by atoms with Gasteiger partial charge in [0.25, 0.3) is 0 Å². The topological polar surface area (TPSA) is 54.4 Å². The van der Waals surface area contributed by atoms with Gasteiger partial charge in [0.1, 0.15) is 0 Å². The minimum Gasteiger partial charge on any atom is -0.387 e. The molecule has 0 heterocycles. The zero-order valence-corrected chi connectivity index (χ0v) is 9.95. The molecule has 2 atom stereocenters. The predicted octanol–water partition coefficient (Wildman–Crippen LogP) is 1.46. The van der Waals surface area contributed by atoms with E-state index < -0.39 is 21.2 Å². The maximum Gasteiger partial charge on any atom is 0.152 e. The Bertz CT molecular complexity index is 420. The number of hydrogen-bond acceptors (Lipinski definition) is 3. The third-order valence-electron chi connectivity index (χ3n) is 2.54. The van der Waals surface area contributed by atoms with E-state index in [4.69, 9.17) is 0 Å². The monoisotopic (exact) mass is 228 g/mol. The molecular formula is C11H16O3S. The van der Waals surface area contributed by atoms with Crippen molar-refractivity contribution < 1.29 is 13.5 Å². The summed E-state index contributed by atoms with van der Waals surface area (Å²) < 4.78 is 22.5. The number of aliphatic hydroxyl groups is 1. The largest absolute Gasteiger partial charge is 0.387 e. The second-order valence-electron chi connectivity index (χ2n) is 3.89. The van der Waals surface area contributed by atoms with Crippen LogP contribution in [0.3, 0.4) is 0 Å². The summed E-state index contributed by atoms with van der Waals surface area (Å²) >= 11 is 0. The Hall–Kier alpha value is -0.870. The van der Waals surface area contributed by atoms with Gasteiger partial charge in [0.15, 0.2) is 9.84 Å². The van der Waals surface area contributed by atoms with Gasteiger partial charge in [0.05, 0.1) is 11.4 Å². The Kier molecular flexibility index (Phi) is 3.52. The molecule has 0 saturated carbocycles. The molecule has 1 aromatic carbocycles. The molecule has 0 aliphatic rings. The van der Waals surface area contributed by atoms with Gasteiger partial charge in [0, 0.05) is 6.26 Å². The standard InChI is InChI=1S/C11H16O3S/c1-8-4-6-10(7-5-8)11(12)9(2)15(3,13)14/h4-7,9,11-12H,1-3H3/t9-,11+/m0/s1. The minimum absolute atomic E-state index is 0.638. The van der Waals surface area contributed by atoms with Gasteiger partial charge in [-0.1, -0.05) is 29.8 Å². The number of hydrogen-bond donors (Lipinski definition) is 1. The van der Waals surface area contributed by atoms with E-state index in [-0.39, 0.29) is 0 Å². The summed E-state index contributed by atoms with van der Waals surface area (Å²) in [6, 6.07) is 7.21. The molecule has 0 unspecified atom stereocenters. The van der Waals surface area contributed by atoms with E-state index in [1.54, 1.807) is 12.1 Å². The van der Waals surface area contributed by atoms with Crippen LogP contribution in [-0.2, 0) is 9.84 Å². The van der Waals surface area contributed by atoms with Crippen molar-refractivity contribution in [3.63, 3.8) is 0 Å². The first-order chi connectivity index (χ1) is 6.82. The lowest BCUT2D eigenvalue weighted by atomic mass is 10.1. The van der Waals surface area contributed by atoms with Crippen LogP contribution in [0.5, 0.6) is 0 Å². The normalized spacial score (nSPS) is 16.0. The SMILES string of the molecule is Cc1ccc([C@H](O)[C@H](C)S(C)(=O)=O)cc1. The highest BCUT2D eigenvalue weighted by Gasteiger charge is 2.25. The van der Waals surface area contributed by atoms with Crippen LogP contribution in [0.2, 0.25) is 0 Å². The lowest BCUT2D eigenvalue weighted by Gasteiger charge is -2.17. The summed E-state index contributed by atoms with van der Waals surface area (Å²) in [5.74, 6) is 0. The Morgan fingerprint density at radius 1 is 1.20 bits per heavy atom. The van der Waals surface area contributed by atoms with E-state index in [2.05, 4.69) is 0 Å². The van der Waals surface area contributed by atoms with Gasteiger partial charge in [-0.3, -0.25) is 0 Å². The Balaban J connectivity index is 2.95. The van der Waals surface area contributed by atoms with Crippen LogP contribution in [0.15, 0.2) is 24.3 Å². The van der Waals surface area contributed by atoms with E-state index in [0.717, 1.165) is 11.8 Å². The van der Waals surface area contributed by atoms with Gasteiger partial charge in [0.2, 0.25) is 0 Å². The maximum absolute atomic E-state index is 11.3. The lowest BCUT2D eigenvalue weighted by Crippen LogP contribution is -2.24. The predicted molar refractivity (Wildman–Crippen MR) is 60.4 cm³/mol. The molecule has 1 rings (SSSR count). The second kappa shape index (κ2) is 4.33. The highest BCUT2D eigenvalue weighted by atomic mass is 32.2. The molecule has 1 N–H and O–H groups in total. The third kappa shape index (κ3) is 3.04. The summed E-state index contributed by atoms with van der Waals surface area (Å²) in [5, 5.41) is 9.06. The van der Waals surface area contributed by atoms with E-state index in [9.17, 15) is 13.5 Å². The van der Waals surface area contributed by atoms with Crippen molar-refractivity contribution in [2.45, 2.75) is 25.2 Å². The molecule has 84 valence electrons. The number of aryl methyl sites for hydroxylation is 1. The van der Waals surface area contributed by atoms with Gasteiger partial charge >= 0.3 is 0 Å². The summed E-state index contributed by atoms with van der Waals surface area (Å²) in [4.78, 5) is 0. The van der Waals surface area contributed by atoms with Crippen LogP contribution in [0.25, 0.3) is 0 Å².